The highest BCUT2D eigenvalue weighted by Crippen LogP contribution is 2.32. The van der Waals surface area contributed by atoms with Gasteiger partial charge in [-0.05, 0) is 42.7 Å². The van der Waals surface area contributed by atoms with E-state index in [4.69, 9.17) is 0 Å². The number of carbonyl (C=O) groups is 1. The molecule has 1 aliphatic rings. The molecule has 0 spiro atoms. The zero-order valence-corrected chi connectivity index (χ0v) is 12.3. The van der Waals surface area contributed by atoms with Crippen LogP contribution in [0, 0.1) is 5.92 Å². The lowest BCUT2D eigenvalue weighted by Crippen LogP contribution is -2.44. The standard InChI is InChI=1S/C17H25NO/c1-4-14-7-5-6-8-15(14)12-17(11-13(2)3)10-9-16(19)18-17/h5-8,13H,4,9-12H2,1-3H3,(H,18,19). The Hall–Kier alpha value is -1.31. The molecule has 0 radical (unpaired) electrons. The van der Waals surface area contributed by atoms with Crippen molar-refractivity contribution < 1.29 is 4.79 Å². The molecule has 0 aliphatic carbocycles. The fourth-order valence-corrected chi connectivity index (χ4v) is 3.35. The summed E-state index contributed by atoms with van der Waals surface area (Å²) in [5, 5.41) is 3.26. The van der Waals surface area contributed by atoms with Crippen LogP contribution in [0.2, 0.25) is 0 Å². The second-order valence-electron chi connectivity index (χ2n) is 6.23. The monoisotopic (exact) mass is 259 g/mol. The quantitative estimate of drug-likeness (QED) is 0.861. The first kappa shape index (κ1) is 14.1. The van der Waals surface area contributed by atoms with Gasteiger partial charge >= 0.3 is 0 Å². The average molecular weight is 259 g/mol. The summed E-state index contributed by atoms with van der Waals surface area (Å²) < 4.78 is 0. The van der Waals surface area contributed by atoms with Gasteiger partial charge < -0.3 is 5.32 Å². The van der Waals surface area contributed by atoms with Crippen molar-refractivity contribution in [3.63, 3.8) is 0 Å². The number of carbonyl (C=O) groups excluding carboxylic acids is 1. The summed E-state index contributed by atoms with van der Waals surface area (Å²) in [4.78, 5) is 11.7. The molecule has 0 bridgehead atoms. The second kappa shape index (κ2) is 5.77. The number of hydrogen-bond acceptors (Lipinski definition) is 1. The molecule has 1 fully saturated rings. The molecular weight excluding hydrogens is 234 g/mol. The minimum atomic E-state index is -0.0173. The summed E-state index contributed by atoms with van der Waals surface area (Å²) in [6, 6.07) is 8.62. The summed E-state index contributed by atoms with van der Waals surface area (Å²) in [6.07, 6.45) is 4.75. The van der Waals surface area contributed by atoms with Crippen molar-refractivity contribution in [2.24, 2.45) is 5.92 Å². The maximum Gasteiger partial charge on any atom is 0.220 e. The first-order chi connectivity index (χ1) is 9.04. The van der Waals surface area contributed by atoms with Gasteiger partial charge in [-0.2, -0.15) is 0 Å². The van der Waals surface area contributed by atoms with Crippen LogP contribution >= 0.6 is 0 Å². The third-order valence-corrected chi connectivity index (χ3v) is 4.06. The zero-order valence-electron chi connectivity index (χ0n) is 12.3. The fraction of sp³-hybridized carbons (Fsp3) is 0.588. The summed E-state index contributed by atoms with van der Waals surface area (Å²) >= 11 is 0. The minimum absolute atomic E-state index is 0.0173. The predicted octanol–water partition coefficient (Wildman–Crippen LogP) is 3.49. The molecule has 2 nitrogen and oxygen atoms in total. The van der Waals surface area contributed by atoms with E-state index in [9.17, 15) is 4.79 Å². The molecule has 1 aromatic rings. The third-order valence-electron chi connectivity index (χ3n) is 4.06. The molecule has 1 aliphatic heterocycles. The maximum absolute atomic E-state index is 11.7. The van der Waals surface area contributed by atoms with E-state index in [2.05, 4.69) is 50.4 Å². The Morgan fingerprint density at radius 2 is 1.95 bits per heavy atom. The van der Waals surface area contributed by atoms with E-state index >= 15 is 0 Å². The highest BCUT2D eigenvalue weighted by molar-refractivity contribution is 5.79. The Morgan fingerprint density at radius 3 is 2.47 bits per heavy atom. The first-order valence-electron chi connectivity index (χ1n) is 7.42. The van der Waals surface area contributed by atoms with Gasteiger partial charge in [0.1, 0.15) is 0 Å². The van der Waals surface area contributed by atoms with Crippen molar-refractivity contribution in [1.82, 2.24) is 5.32 Å². The summed E-state index contributed by atoms with van der Waals surface area (Å²) in [5.41, 5.74) is 2.79. The van der Waals surface area contributed by atoms with E-state index in [0.29, 0.717) is 12.3 Å². The molecule has 1 heterocycles. The van der Waals surface area contributed by atoms with Crippen LogP contribution in [0.25, 0.3) is 0 Å². The van der Waals surface area contributed by atoms with Gasteiger partial charge in [0.05, 0.1) is 0 Å². The van der Waals surface area contributed by atoms with Gasteiger partial charge in [0, 0.05) is 12.0 Å². The van der Waals surface area contributed by atoms with Crippen molar-refractivity contribution in [2.75, 3.05) is 0 Å². The fourth-order valence-electron chi connectivity index (χ4n) is 3.35. The topological polar surface area (TPSA) is 29.1 Å². The molecule has 1 atom stereocenters. The highest BCUT2D eigenvalue weighted by atomic mass is 16.2. The van der Waals surface area contributed by atoms with Crippen LogP contribution < -0.4 is 5.32 Å². The summed E-state index contributed by atoms with van der Waals surface area (Å²) in [6.45, 7) is 6.66. The maximum atomic E-state index is 11.7. The van der Waals surface area contributed by atoms with Gasteiger partial charge in [-0.25, -0.2) is 0 Å². The van der Waals surface area contributed by atoms with Crippen molar-refractivity contribution >= 4 is 5.91 Å². The van der Waals surface area contributed by atoms with E-state index < -0.39 is 0 Å². The van der Waals surface area contributed by atoms with Gasteiger partial charge in [0.2, 0.25) is 5.91 Å². The Morgan fingerprint density at radius 1 is 1.26 bits per heavy atom. The zero-order chi connectivity index (χ0) is 13.9. The van der Waals surface area contributed by atoms with E-state index in [1.807, 2.05) is 0 Å². The SMILES string of the molecule is CCc1ccccc1CC1(CC(C)C)CCC(=O)N1. The molecule has 1 aromatic carbocycles. The molecule has 19 heavy (non-hydrogen) atoms. The van der Waals surface area contributed by atoms with E-state index in [0.717, 1.165) is 25.7 Å². The van der Waals surface area contributed by atoms with Crippen LogP contribution in [0.5, 0.6) is 0 Å². The lowest BCUT2D eigenvalue weighted by atomic mass is 9.81. The molecule has 104 valence electrons. The molecule has 1 amide bonds. The van der Waals surface area contributed by atoms with E-state index in [-0.39, 0.29) is 11.4 Å². The van der Waals surface area contributed by atoms with E-state index in [1.165, 1.54) is 11.1 Å². The van der Waals surface area contributed by atoms with Gasteiger partial charge in [-0.1, -0.05) is 45.0 Å². The molecule has 0 aromatic heterocycles. The summed E-state index contributed by atoms with van der Waals surface area (Å²) in [5.74, 6) is 0.821. The highest BCUT2D eigenvalue weighted by Gasteiger charge is 2.38. The predicted molar refractivity (Wildman–Crippen MR) is 79.1 cm³/mol. The number of aryl methyl sites for hydroxylation is 1. The Balaban J connectivity index is 2.23. The van der Waals surface area contributed by atoms with Crippen LogP contribution in [0.3, 0.4) is 0 Å². The smallest absolute Gasteiger partial charge is 0.220 e. The number of hydrogen-bond donors (Lipinski definition) is 1. The number of benzene rings is 1. The van der Waals surface area contributed by atoms with Gasteiger partial charge in [-0.15, -0.1) is 0 Å². The van der Waals surface area contributed by atoms with Gasteiger partial charge in [0.15, 0.2) is 0 Å². The number of nitrogens with one attached hydrogen (secondary N) is 1. The Labute approximate surface area is 116 Å². The molecule has 2 rings (SSSR count). The van der Waals surface area contributed by atoms with Crippen LogP contribution in [0.15, 0.2) is 24.3 Å². The lowest BCUT2D eigenvalue weighted by Gasteiger charge is -2.32. The lowest BCUT2D eigenvalue weighted by molar-refractivity contribution is -0.119. The molecule has 1 N–H and O–H groups in total. The number of rotatable bonds is 5. The van der Waals surface area contributed by atoms with Crippen molar-refractivity contribution in [1.29, 1.82) is 0 Å². The first-order valence-corrected chi connectivity index (χ1v) is 7.42. The van der Waals surface area contributed by atoms with Gasteiger partial charge in [-0.3, -0.25) is 4.79 Å². The van der Waals surface area contributed by atoms with Crippen LogP contribution in [0.1, 0.15) is 51.2 Å². The largest absolute Gasteiger partial charge is 0.350 e. The van der Waals surface area contributed by atoms with E-state index in [1.54, 1.807) is 0 Å². The Kier molecular flexibility index (Phi) is 4.28. The third kappa shape index (κ3) is 3.37. The molecule has 1 saturated heterocycles. The van der Waals surface area contributed by atoms with Crippen molar-refractivity contribution in [2.45, 2.75) is 58.4 Å². The minimum Gasteiger partial charge on any atom is -0.350 e. The second-order valence-corrected chi connectivity index (χ2v) is 6.23. The normalized spacial score (nSPS) is 22.8. The van der Waals surface area contributed by atoms with Gasteiger partial charge in [0.25, 0.3) is 0 Å². The van der Waals surface area contributed by atoms with Crippen LogP contribution in [0.4, 0.5) is 0 Å². The van der Waals surface area contributed by atoms with Crippen LogP contribution in [-0.4, -0.2) is 11.4 Å². The molecule has 0 saturated carbocycles. The summed E-state index contributed by atoms with van der Waals surface area (Å²) in [7, 11) is 0. The van der Waals surface area contributed by atoms with Crippen molar-refractivity contribution in [3.05, 3.63) is 35.4 Å². The molecular formula is C17H25NO. The number of amides is 1. The van der Waals surface area contributed by atoms with Crippen molar-refractivity contribution in [3.8, 4) is 0 Å². The molecule has 1 unspecified atom stereocenters. The van der Waals surface area contributed by atoms with Crippen LogP contribution in [-0.2, 0) is 17.6 Å². The average Bonchev–Trinajstić information content (AvgIpc) is 2.70. The molecule has 2 heteroatoms. The Bertz CT molecular complexity index is 452.